The van der Waals surface area contributed by atoms with Crippen LogP contribution >= 0.6 is 0 Å². The molecule has 1 saturated heterocycles. The number of aromatic amines is 1. The molecular weight excluding hydrogens is 430 g/mol. The van der Waals surface area contributed by atoms with Gasteiger partial charge >= 0.3 is 0 Å². The fourth-order valence-electron chi connectivity index (χ4n) is 4.44. The van der Waals surface area contributed by atoms with Crippen LogP contribution in [0.25, 0.3) is 11.0 Å². The number of benzene rings is 1. The molecule has 0 aliphatic carbocycles. The molecule has 1 fully saturated rings. The number of amides is 1. The monoisotopic (exact) mass is 457 g/mol. The zero-order valence-corrected chi connectivity index (χ0v) is 18.9. The van der Waals surface area contributed by atoms with Crippen LogP contribution in [0.3, 0.4) is 0 Å². The van der Waals surface area contributed by atoms with E-state index in [-0.39, 0.29) is 18.6 Å². The third kappa shape index (κ3) is 4.29. The van der Waals surface area contributed by atoms with Gasteiger partial charge in [-0.2, -0.15) is 0 Å². The van der Waals surface area contributed by atoms with Gasteiger partial charge in [-0.05, 0) is 30.2 Å². The first-order chi connectivity index (χ1) is 16.6. The van der Waals surface area contributed by atoms with Gasteiger partial charge in [0, 0.05) is 38.6 Å². The summed E-state index contributed by atoms with van der Waals surface area (Å²) in [6.45, 7) is 1.55. The predicted octanol–water partition coefficient (Wildman–Crippen LogP) is 2.53. The van der Waals surface area contributed by atoms with Crippen molar-refractivity contribution in [3.8, 4) is 0 Å². The number of likely N-dealkylation sites (N-methyl/N-ethyl adjacent to an activating group) is 1. The Kier molecular flexibility index (Phi) is 6.09. The van der Waals surface area contributed by atoms with Gasteiger partial charge in [0.05, 0.1) is 23.6 Å². The van der Waals surface area contributed by atoms with Gasteiger partial charge in [-0.25, -0.2) is 15.0 Å². The number of rotatable bonds is 7. The van der Waals surface area contributed by atoms with Crippen LogP contribution < -0.4 is 15.1 Å². The second-order valence-electron chi connectivity index (χ2n) is 8.46. The molecule has 9 heteroatoms. The van der Waals surface area contributed by atoms with Gasteiger partial charge in [0.25, 0.3) is 5.91 Å². The molecule has 5 rings (SSSR count). The maximum Gasteiger partial charge on any atom is 0.253 e. The van der Waals surface area contributed by atoms with E-state index in [1.165, 1.54) is 0 Å². The van der Waals surface area contributed by atoms with Crippen LogP contribution in [0.5, 0.6) is 0 Å². The number of carbonyl (C=O) groups is 1. The molecule has 34 heavy (non-hydrogen) atoms. The summed E-state index contributed by atoms with van der Waals surface area (Å²) in [6, 6.07) is 14.9. The van der Waals surface area contributed by atoms with Crippen LogP contribution in [0.4, 0.5) is 11.6 Å². The number of nitrogens with one attached hydrogen (secondary N) is 2. The van der Waals surface area contributed by atoms with E-state index in [9.17, 15) is 9.90 Å². The molecule has 1 amide bonds. The predicted molar refractivity (Wildman–Crippen MR) is 131 cm³/mol. The third-order valence-electron chi connectivity index (χ3n) is 6.40. The van der Waals surface area contributed by atoms with Crippen LogP contribution in [-0.4, -0.2) is 63.7 Å². The van der Waals surface area contributed by atoms with Crippen LogP contribution in [0.1, 0.15) is 28.4 Å². The lowest BCUT2D eigenvalue weighted by Gasteiger charge is -2.26. The molecule has 0 unspecified atom stereocenters. The summed E-state index contributed by atoms with van der Waals surface area (Å²) in [7, 11) is 2.03. The molecule has 1 aromatic carbocycles. The quantitative estimate of drug-likeness (QED) is 0.391. The first-order valence-corrected chi connectivity index (χ1v) is 11.3. The Bertz CT molecular complexity index is 1260. The second kappa shape index (κ2) is 9.48. The lowest BCUT2D eigenvalue weighted by Crippen LogP contribution is -2.35. The van der Waals surface area contributed by atoms with Crippen LogP contribution in [0.15, 0.2) is 67.3 Å². The highest BCUT2D eigenvalue weighted by Crippen LogP contribution is 2.28. The molecule has 1 aliphatic rings. The second-order valence-corrected chi connectivity index (χ2v) is 8.46. The summed E-state index contributed by atoms with van der Waals surface area (Å²) < 4.78 is 0. The largest absolute Gasteiger partial charge is 0.394 e. The van der Waals surface area contributed by atoms with Gasteiger partial charge < -0.3 is 25.2 Å². The van der Waals surface area contributed by atoms with E-state index in [0.29, 0.717) is 5.56 Å². The third-order valence-corrected chi connectivity index (χ3v) is 6.40. The van der Waals surface area contributed by atoms with Gasteiger partial charge in [-0.3, -0.25) is 4.79 Å². The van der Waals surface area contributed by atoms with Crippen LogP contribution in [0, 0.1) is 0 Å². The van der Waals surface area contributed by atoms with Crippen molar-refractivity contribution in [2.45, 2.75) is 18.5 Å². The Balaban J connectivity index is 1.24. The number of hydrogen-bond donors (Lipinski definition) is 3. The summed E-state index contributed by atoms with van der Waals surface area (Å²) in [5.74, 6) is 1.48. The fraction of sp³-hybridized carbons (Fsp3) is 0.280. The molecule has 2 atom stereocenters. The maximum atomic E-state index is 12.7. The first kappa shape index (κ1) is 21.8. The van der Waals surface area contributed by atoms with Crippen molar-refractivity contribution in [2.24, 2.45) is 0 Å². The molecule has 0 bridgehead atoms. The number of anilines is 2. The van der Waals surface area contributed by atoms with E-state index in [4.69, 9.17) is 0 Å². The summed E-state index contributed by atoms with van der Waals surface area (Å²) in [5, 5.41) is 13.6. The van der Waals surface area contributed by atoms with Gasteiger partial charge in [0.2, 0.25) is 0 Å². The van der Waals surface area contributed by atoms with E-state index in [0.717, 1.165) is 47.7 Å². The molecule has 9 nitrogen and oxygen atoms in total. The highest BCUT2D eigenvalue weighted by atomic mass is 16.3. The minimum Gasteiger partial charge on any atom is -0.394 e. The van der Waals surface area contributed by atoms with E-state index < -0.39 is 6.04 Å². The number of aromatic nitrogens is 4. The summed E-state index contributed by atoms with van der Waals surface area (Å²) >= 11 is 0. The number of H-pyrrole nitrogens is 1. The van der Waals surface area contributed by atoms with Gasteiger partial charge in [0.1, 0.15) is 23.6 Å². The minimum atomic E-state index is -0.464. The number of pyridine rings is 1. The zero-order chi connectivity index (χ0) is 23.5. The standard InChI is InChI=1S/C25H27N7O2/c1-31(19-10-12-32(14-19)24-20-9-11-26-23(20)28-16-29-24)22-8-7-18(13-27-22)25(34)30-21(15-33)17-5-3-2-4-6-17/h2-9,11,13,16,19,21,33H,10,12,14-15H2,1H3,(H,30,34)(H,26,28,29)/t19-,21-/m1/s1. The molecule has 174 valence electrons. The van der Waals surface area contributed by atoms with Gasteiger partial charge in [-0.15, -0.1) is 0 Å². The smallest absolute Gasteiger partial charge is 0.253 e. The normalized spacial score (nSPS) is 16.5. The van der Waals surface area contributed by atoms with E-state index in [1.807, 2.05) is 55.7 Å². The Hall–Kier alpha value is -3.98. The average molecular weight is 458 g/mol. The van der Waals surface area contributed by atoms with Crippen molar-refractivity contribution in [2.75, 3.05) is 36.5 Å². The topological polar surface area (TPSA) is 110 Å². The molecule has 0 saturated carbocycles. The highest BCUT2D eigenvalue weighted by Gasteiger charge is 2.28. The lowest BCUT2D eigenvalue weighted by molar-refractivity contribution is 0.0916. The van der Waals surface area contributed by atoms with Gasteiger partial charge in [-0.1, -0.05) is 30.3 Å². The number of carbonyl (C=O) groups excluding carboxylic acids is 1. The Morgan fingerprint density at radius 2 is 2.06 bits per heavy atom. The minimum absolute atomic E-state index is 0.177. The number of aliphatic hydroxyl groups excluding tert-OH is 1. The molecule has 0 spiro atoms. The molecule has 3 aromatic heterocycles. The number of fused-ring (bicyclic) bond motifs is 1. The Labute approximate surface area is 197 Å². The van der Waals surface area contributed by atoms with Crippen molar-refractivity contribution in [1.29, 1.82) is 0 Å². The maximum absolute atomic E-state index is 12.7. The SMILES string of the molecule is CN(c1ccc(C(=O)N[C@H](CO)c2ccccc2)cn1)[C@@H]1CCN(c2ncnc3[nH]ccc23)C1. The number of nitrogens with zero attached hydrogens (tertiary/aromatic N) is 5. The molecule has 1 aliphatic heterocycles. The summed E-state index contributed by atoms with van der Waals surface area (Å²) in [6.07, 6.45) is 6.04. The number of aliphatic hydroxyl groups is 1. The summed E-state index contributed by atoms with van der Waals surface area (Å²) in [5.41, 5.74) is 2.15. The van der Waals surface area contributed by atoms with Crippen LogP contribution in [0.2, 0.25) is 0 Å². The number of hydrogen-bond acceptors (Lipinski definition) is 7. The van der Waals surface area contributed by atoms with Crippen LogP contribution in [-0.2, 0) is 0 Å². The lowest BCUT2D eigenvalue weighted by atomic mass is 10.1. The molecule has 0 radical (unpaired) electrons. The van der Waals surface area contributed by atoms with E-state index >= 15 is 0 Å². The molecular formula is C25H27N7O2. The Morgan fingerprint density at radius 3 is 2.82 bits per heavy atom. The van der Waals surface area contributed by atoms with Crippen molar-refractivity contribution >= 4 is 28.6 Å². The van der Waals surface area contributed by atoms with Crippen molar-refractivity contribution in [3.63, 3.8) is 0 Å². The van der Waals surface area contributed by atoms with Gasteiger partial charge in [0.15, 0.2) is 0 Å². The van der Waals surface area contributed by atoms with E-state index in [2.05, 4.69) is 35.1 Å². The van der Waals surface area contributed by atoms with Crippen molar-refractivity contribution < 1.29 is 9.90 Å². The molecule has 3 N–H and O–H groups in total. The molecule has 4 heterocycles. The van der Waals surface area contributed by atoms with E-state index in [1.54, 1.807) is 18.6 Å². The first-order valence-electron chi connectivity index (χ1n) is 11.3. The Morgan fingerprint density at radius 1 is 1.21 bits per heavy atom. The summed E-state index contributed by atoms with van der Waals surface area (Å²) in [4.78, 5) is 33.6. The van der Waals surface area contributed by atoms with Crippen molar-refractivity contribution in [1.82, 2.24) is 25.3 Å². The highest BCUT2D eigenvalue weighted by molar-refractivity contribution is 5.94. The fourth-order valence-corrected chi connectivity index (χ4v) is 4.44. The zero-order valence-electron chi connectivity index (χ0n) is 18.9. The average Bonchev–Trinajstić information content (AvgIpc) is 3.57. The van der Waals surface area contributed by atoms with Crippen molar-refractivity contribution in [3.05, 3.63) is 78.4 Å². The molecule has 4 aromatic rings.